The van der Waals surface area contributed by atoms with Crippen LogP contribution < -0.4 is 9.47 Å². The van der Waals surface area contributed by atoms with Gasteiger partial charge in [-0.25, -0.2) is 4.98 Å². The molecule has 1 N–H and O–H groups in total. The second kappa shape index (κ2) is 13.1. The summed E-state index contributed by atoms with van der Waals surface area (Å²) >= 11 is 9.87. The number of aryl methyl sites for hydroxylation is 1. The van der Waals surface area contributed by atoms with Crippen molar-refractivity contribution in [3.05, 3.63) is 99.0 Å². The number of halogens is 2. The highest BCUT2D eigenvalue weighted by atomic mass is 79.9. The second-order valence-corrected chi connectivity index (χ2v) is 11.7. The number of ether oxygens (including phenoxy) is 2. The van der Waals surface area contributed by atoms with Crippen molar-refractivity contribution in [2.75, 3.05) is 34.4 Å². The Bertz CT molecular complexity index is 1380. The van der Waals surface area contributed by atoms with Crippen LogP contribution in [-0.4, -0.2) is 54.9 Å². The van der Waals surface area contributed by atoms with Crippen LogP contribution in [0.5, 0.6) is 11.6 Å². The molecule has 0 saturated heterocycles. The Hall–Kier alpha value is -2.64. The summed E-state index contributed by atoms with van der Waals surface area (Å²) in [5, 5.41) is 14.2. The van der Waals surface area contributed by atoms with E-state index in [1.165, 1.54) is 0 Å². The first-order valence-corrected chi connectivity index (χ1v) is 14.3. The number of hydrogen-bond donors (Lipinski definition) is 1. The van der Waals surface area contributed by atoms with Crippen molar-refractivity contribution >= 4 is 38.4 Å². The van der Waals surface area contributed by atoms with Gasteiger partial charge in [-0.3, -0.25) is 0 Å². The van der Waals surface area contributed by atoms with Crippen molar-refractivity contribution in [1.82, 2.24) is 9.88 Å². The molecule has 0 amide bonds. The minimum atomic E-state index is -1.26. The molecule has 0 fully saturated rings. The number of benzene rings is 3. The molecule has 4 rings (SSSR count). The van der Waals surface area contributed by atoms with Gasteiger partial charge in [-0.15, -0.1) is 0 Å². The molecule has 0 aliphatic carbocycles. The first-order valence-electron chi connectivity index (χ1n) is 13.1. The molecule has 0 spiro atoms. The lowest BCUT2D eigenvalue weighted by Crippen LogP contribution is -2.43. The number of unbranched alkanes of at least 4 members (excludes halogenated alkanes) is 1. The molecule has 3 aromatic carbocycles. The van der Waals surface area contributed by atoms with Crippen LogP contribution in [-0.2, 0) is 0 Å². The number of methoxy groups -OCH3 is 1. The third-order valence-electron chi connectivity index (χ3n) is 6.99. The van der Waals surface area contributed by atoms with Crippen LogP contribution in [0.1, 0.15) is 41.9 Å². The van der Waals surface area contributed by atoms with Crippen molar-refractivity contribution in [2.45, 2.75) is 37.7 Å². The highest BCUT2D eigenvalue weighted by Gasteiger charge is 2.41. The number of nitrogens with zero attached hydrogens (tertiary/aromatic N) is 2. The van der Waals surface area contributed by atoms with Gasteiger partial charge in [0.05, 0.1) is 12.6 Å². The Morgan fingerprint density at radius 1 is 1.00 bits per heavy atom. The number of hydrogen-bond acceptors (Lipinski definition) is 5. The fourth-order valence-corrected chi connectivity index (χ4v) is 5.46. The number of aliphatic hydroxyl groups is 1. The summed E-state index contributed by atoms with van der Waals surface area (Å²) in [4.78, 5) is 6.99. The molecule has 0 saturated carbocycles. The normalized spacial score (nSPS) is 13.8. The van der Waals surface area contributed by atoms with Crippen molar-refractivity contribution < 1.29 is 14.6 Å². The van der Waals surface area contributed by atoms with Crippen LogP contribution in [0, 0.1) is 6.92 Å². The van der Waals surface area contributed by atoms with Crippen molar-refractivity contribution in [2.24, 2.45) is 0 Å². The van der Waals surface area contributed by atoms with E-state index in [0.29, 0.717) is 17.3 Å². The molecular formula is C32H36BrClN2O3. The van der Waals surface area contributed by atoms with Crippen LogP contribution in [0.4, 0.5) is 0 Å². The number of rotatable bonds is 12. The summed E-state index contributed by atoms with van der Waals surface area (Å²) in [5.41, 5.74) is 2.42. The standard InChI is InChI=1S/C32H36BrClN2O3/c1-22-7-14-27(15-8-22)39-21-32(37,17-5-6-18-36(2)3)30(23-9-12-26(34)13-10-23)28-20-24-19-25(33)11-16-29(24)35-31(28)38-4/h7-16,19-20,30,37H,5-6,17-18,21H2,1-4H3. The fraction of sp³-hybridized carbons (Fsp3) is 0.344. The summed E-state index contributed by atoms with van der Waals surface area (Å²) in [6, 6.07) is 23.6. The van der Waals surface area contributed by atoms with Crippen LogP contribution >= 0.6 is 27.5 Å². The van der Waals surface area contributed by atoms with Gasteiger partial charge in [0.1, 0.15) is 18.0 Å². The minimum Gasteiger partial charge on any atom is -0.491 e. The van der Waals surface area contributed by atoms with Crippen LogP contribution in [0.2, 0.25) is 5.02 Å². The molecular weight excluding hydrogens is 576 g/mol. The fourth-order valence-electron chi connectivity index (χ4n) is 4.95. The summed E-state index contributed by atoms with van der Waals surface area (Å²) < 4.78 is 13.1. The highest BCUT2D eigenvalue weighted by Crippen LogP contribution is 2.43. The van der Waals surface area contributed by atoms with E-state index in [-0.39, 0.29) is 6.61 Å². The van der Waals surface area contributed by atoms with E-state index in [1.54, 1.807) is 7.11 Å². The largest absolute Gasteiger partial charge is 0.491 e. The Balaban J connectivity index is 1.83. The molecule has 0 aliphatic heterocycles. The summed E-state index contributed by atoms with van der Waals surface area (Å²) in [6.45, 7) is 3.08. The Morgan fingerprint density at radius 3 is 2.38 bits per heavy atom. The molecule has 0 radical (unpaired) electrons. The molecule has 7 heteroatoms. The van der Waals surface area contributed by atoms with E-state index in [0.717, 1.165) is 57.2 Å². The average molecular weight is 612 g/mol. The SMILES string of the molecule is COc1nc2ccc(Br)cc2cc1C(c1ccc(Cl)cc1)C(O)(CCCCN(C)C)COc1ccc(C)cc1. The predicted octanol–water partition coefficient (Wildman–Crippen LogP) is 7.64. The molecule has 0 aliphatic rings. The summed E-state index contributed by atoms with van der Waals surface area (Å²) in [6.07, 6.45) is 2.30. The van der Waals surface area contributed by atoms with Gasteiger partial charge in [0, 0.05) is 26.4 Å². The van der Waals surface area contributed by atoms with E-state index >= 15 is 0 Å². The van der Waals surface area contributed by atoms with Gasteiger partial charge >= 0.3 is 0 Å². The van der Waals surface area contributed by atoms with Gasteiger partial charge in [-0.1, -0.05) is 57.4 Å². The van der Waals surface area contributed by atoms with Crippen molar-refractivity contribution in [1.29, 1.82) is 0 Å². The summed E-state index contributed by atoms with van der Waals surface area (Å²) in [5.74, 6) is 0.715. The van der Waals surface area contributed by atoms with Crippen LogP contribution in [0.25, 0.3) is 10.9 Å². The topological polar surface area (TPSA) is 54.8 Å². The zero-order chi connectivity index (χ0) is 28.0. The maximum atomic E-state index is 12.6. The van der Waals surface area contributed by atoms with Crippen LogP contribution in [0.3, 0.4) is 0 Å². The molecule has 1 aromatic heterocycles. The maximum Gasteiger partial charge on any atom is 0.217 e. The number of fused-ring (bicyclic) bond motifs is 1. The van der Waals surface area contributed by atoms with Gasteiger partial charge < -0.3 is 19.5 Å². The predicted molar refractivity (Wildman–Crippen MR) is 163 cm³/mol. The minimum absolute atomic E-state index is 0.102. The van der Waals surface area contributed by atoms with Gasteiger partial charge in [-0.2, -0.15) is 0 Å². The molecule has 39 heavy (non-hydrogen) atoms. The lowest BCUT2D eigenvalue weighted by Gasteiger charge is -2.37. The lowest BCUT2D eigenvalue weighted by molar-refractivity contribution is -0.0283. The van der Waals surface area contributed by atoms with Gasteiger partial charge in [-0.05, 0) is 101 Å². The van der Waals surface area contributed by atoms with Gasteiger partial charge in [0.2, 0.25) is 5.88 Å². The van der Waals surface area contributed by atoms with Crippen LogP contribution in [0.15, 0.2) is 77.3 Å². The quantitative estimate of drug-likeness (QED) is 0.167. The van der Waals surface area contributed by atoms with E-state index in [2.05, 4.69) is 41.0 Å². The highest BCUT2D eigenvalue weighted by molar-refractivity contribution is 9.10. The zero-order valence-electron chi connectivity index (χ0n) is 23.0. The van der Waals surface area contributed by atoms with E-state index in [1.807, 2.05) is 73.7 Å². The molecule has 5 nitrogen and oxygen atoms in total. The second-order valence-electron chi connectivity index (χ2n) is 10.4. The third kappa shape index (κ3) is 7.52. The van der Waals surface area contributed by atoms with E-state index in [9.17, 15) is 5.11 Å². The van der Waals surface area contributed by atoms with E-state index < -0.39 is 11.5 Å². The smallest absolute Gasteiger partial charge is 0.217 e. The molecule has 0 bridgehead atoms. The van der Waals surface area contributed by atoms with Gasteiger partial charge in [0.15, 0.2) is 0 Å². The molecule has 2 unspecified atom stereocenters. The maximum absolute atomic E-state index is 12.6. The van der Waals surface area contributed by atoms with Crippen molar-refractivity contribution in [3.63, 3.8) is 0 Å². The number of aromatic nitrogens is 1. The zero-order valence-corrected chi connectivity index (χ0v) is 25.3. The Kier molecular flexibility index (Phi) is 9.89. The third-order valence-corrected chi connectivity index (χ3v) is 7.73. The van der Waals surface area contributed by atoms with Crippen molar-refractivity contribution in [3.8, 4) is 11.6 Å². The average Bonchev–Trinajstić information content (AvgIpc) is 2.91. The monoisotopic (exact) mass is 610 g/mol. The Morgan fingerprint density at radius 2 is 1.72 bits per heavy atom. The molecule has 2 atom stereocenters. The van der Waals surface area contributed by atoms with E-state index in [4.69, 9.17) is 26.1 Å². The first-order chi connectivity index (χ1) is 18.7. The molecule has 4 aromatic rings. The van der Waals surface area contributed by atoms with Gasteiger partial charge in [0.25, 0.3) is 0 Å². The Labute approximate surface area is 244 Å². The first kappa shape index (κ1) is 29.3. The number of pyridine rings is 1. The lowest BCUT2D eigenvalue weighted by atomic mass is 9.75. The summed E-state index contributed by atoms with van der Waals surface area (Å²) in [7, 11) is 5.74. The molecule has 1 heterocycles. The molecule has 206 valence electrons.